The van der Waals surface area contributed by atoms with Gasteiger partial charge in [-0.2, -0.15) is 0 Å². The molecule has 3 aliphatic rings. The van der Waals surface area contributed by atoms with Crippen molar-refractivity contribution in [1.29, 1.82) is 0 Å². The number of hydrogen-bond acceptors (Lipinski definition) is 4. The van der Waals surface area contributed by atoms with Crippen LogP contribution in [0.2, 0.25) is 0 Å². The molecule has 1 unspecified atom stereocenters. The van der Waals surface area contributed by atoms with Gasteiger partial charge in [0.25, 0.3) is 5.91 Å². The van der Waals surface area contributed by atoms with Crippen molar-refractivity contribution in [2.75, 3.05) is 19.6 Å². The van der Waals surface area contributed by atoms with Crippen molar-refractivity contribution in [2.45, 2.75) is 75.4 Å². The predicted octanol–water partition coefficient (Wildman–Crippen LogP) is 6.48. The number of aromatic nitrogens is 2. The zero-order valence-electron chi connectivity index (χ0n) is 24.0. The van der Waals surface area contributed by atoms with Gasteiger partial charge in [-0.1, -0.05) is 48.5 Å². The van der Waals surface area contributed by atoms with Gasteiger partial charge in [-0.25, -0.2) is 4.98 Å². The number of hydrogen-bond donors (Lipinski definition) is 1. The van der Waals surface area contributed by atoms with Gasteiger partial charge in [-0.3, -0.25) is 9.69 Å². The van der Waals surface area contributed by atoms with E-state index < -0.39 is 0 Å². The zero-order chi connectivity index (χ0) is 28.0. The Balaban J connectivity index is 1.06. The number of aromatic hydroxyl groups is 1. The molecule has 4 aromatic rings. The molecule has 6 heteroatoms. The Kier molecular flexibility index (Phi) is 6.82. The molecular weight excluding hydrogens is 508 g/mol. The number of rotatable bonds is 6. The number of fused-ring (bicyclic) bond motifs is 3. The molecule has 1 aromatic heterocycles. The van der Waals surface area contributed by atoms with E-state index in [9.17, 15) is 9.90 Å². The highest BCUT2D eigenvalue weighted by Crippen LogP contribution is 2.45. The minimum absolute atomic E-state index is 0.0185. The molecule has 212 valence electrons. The Hall–Kier alpha value is -3.64. The smallest absolute Gasteiger partial charge is 0.253 e. The monoisotopic (exact) mass is 548 g/mol. The fourth-order valence-corrected chi connectivity index (χ4v) is 8.22. The van der Waals surface area contributed by atoms with E-state index in [1.54, 1.807) is 24.3 Å². The van der Waals surface area contributed by atoms with Gasteiger partial charge in [0.05, 0.1) is 11.0 Å². The van der Waals surface area contributed by atoms with E-state index in [0.29, 0.717) is 23.7 Å². The Morgan fingerprint density at radius 2 is 1.61 bits per heavy atom. The number of benzene rings is 3. The Labute approximate surface area is 242 Å². The van der Waals surface area contributed by atoms with Crippen molar-refractivity contribution in [1.82, 2.24) is 19.4 Å². The van der Waals surface area contributed by atoms with Gasteiger partial charge in [0.15, 0.2) is 0 Å². The number of aryl methyl sites for hydroxylation is 1. The number of piperidine rings is 2. The van der Waals surface area contributed by atoms with Crippen LogP contribution >= 0.6 is 0 Å². The van der Waals surface area contributed by atoms with Crippen LogP contribution in [-0.2, 0) is 5.41 Å². The van der Waals surface area contributed by atoms with Gasteiger partial charge in [0.2, 0.25) is 0 Å². The molecule has 3 saturated heterocycles. The van der Waals surface area contributed by atoms with Crippen LogP contribution in [0.4, 0.5) is 0 Å². The molecule has 41 heavy (non-hydrogen) atoms. The molecule has 3 aromatic carbocycles. The lowest BCUT2D eigenvalue weighted by molar-refractivity contribution is 0.0606. The van der Waals surface area contributed by atoms with Gasteiger partial charge in [-0.15, -0.1) is 0 Å². The largest absolute Gasteiger partial charge is 0.508 e. The molecule has 2 bridgehead atoms. The molecule has 0 aliphatic carbocycles. The maximum atomic E-state index is 13.2. The second-order valence-electron chi connectivity index (χ2n) is 12.5. The normalized spacial score (nSPS) is 24.1. The number of carbonyl (C=O) groups excluding carboxylic acids is 1. The van der Waals surface area contributed by atoms with Crippen molar-refractivity contribution in [3.05, 3.63) is 95.8 Å². The maximum Gasteiger partial charge on any atom is 0.253 e. The molecular formula is C35H40N4O2. The highest BCUT2D eigenvalue weighted by Gasteiger charge is 2.44. The summed E-state index contributed by atoms with van der Waals surface area (Å²) in [5, 5.41) is 9.88. The van der Waals surface area contributed by atoms with Gasteiger partial charge in [-0.05, 0) is 99.7 Å². The minimum Gasteiger partial charge on any atom is -0.508 e. The van der Waals surface area contributed by atoms with E-state index in [2.05, 4.69) is 71.0 Å². The maximum absolute atomic E-state index is 13.2. The first-order valence-corrected chi connectivity index (χ1v) is 15.3. The lowest BCUT2D eigenvalue weighted by Crippen LogP contribution is -2.49. The zero-order valence-corrected chi connectivity index (χ0v) is 24.0. The van der Waals surface area contributed by atoms with E-state index >= 15 is 0 Å². The van der Waals surface area contributed by atoms with Crippen molar-refractivity contribution in [3.8, 4) is 5.75 Å². The van der Waals surface area contributed by atoms with Gasteiger partial charge < -0.3 is 14.6 Å². The fourth-order valence-electron chi connectivity index (χ4n) is 8.22. The van der Waals surface area contributed by atoms with Crippen LogP contribution in [0.15, 0.2) is 78.9 Å². The minimum atomic E-state index is 0.0185. The molecule has 0 spiro atoms. The molecule has 6 nitrogen and oxygen atoms in total. The SMILES string of the molecule is Cc1nc2ccccc2n1C1C[C@H]2CC[C@@H](C1)N2CCC1(c2ccccc2)CCN(C(=O)c2cccc(O)c2)CC1. The molecule has 1 N–H and O–H groups in total. The number of likely N-dealkylation sites (tertiary alicyclic amines) is 1. The van der Waals surface area contributed by atoms with E-state index in [4.69, 9.17) is 4.98 Å². The van der Waals surface area contributed by atoms with Crippen molar-refractivity contribution in [3.63, 3.8) is 0 Å². The third-order valence-corrected chi connectivity index (χ3v) is 10.3. The van der Waals surface area contributed by atoms with E-state index in [-0.39, 0.29) is 17.1 Å². The molecule has 7 rings (SSSR count). The molecule has 3 aliphatic heterocycles. The van der Waals surface area contributed by atoms with Crippen LogP contribution in [0.1, 0.15) is 72.7 Å². The lowest BCUT2D eigenvalue weighted by atomic mass is 9.70. The second-order valence-corrected chi connectivity index (χ2v) is 12.5. The Bertz CT molecular complexity index is 1520. The fraction of sp³-hybridized carbons (Fsp3) is 0.429. The van der Waals surface area contributed by atoms with E-state index in [1.807, 2.05) is 4.90 Å². The van der Waals surface area contributed by atoms with Crippen LogP contribution in [-0.4, -0.2) is 62.1 Å². The van der Waals surface area contributed by atoms with Crippen molar-refractivity contribution in [2.24, 2.45) is 0 Å². The first-order valence-electron chi connectivity index (χ1n) is 15.3. The average Bonchev–Trinajstić information content (AvgIpc) is 3.46. The number of para-hydroxylation sites is 2. The average molecular weight is 549 g/mol. The number of carbonyl (C=O) groups is 1. The number of phenols is 1. The summed E-state index contributed by atoms with van der Waals surface area (Å²) < 4.78 is 2.52. The van der Waals surface area contributed by atoms with Gasteiger partial charge >= 0.3 is 0 Å². The highest BCUT2D eigenvalue weighted by atomic mass is 16.3. The second kappa shape index (κ2) is 10.6. The summed E-state index contributed by atoms with van der Waals surface area (Å²) in [5.41, 5.74) is 4.44. The summed E-state index contributed by atoms with van der Waals surface area (Å²) in [6.45, 7) is 4.76. The number of amides is 1. The predicted molar refractivity (Wildman–Crippen MR) is 162 cm³/mol. The van der Waals surface area contributed by atoms with Crippen molar-refractivity contribution < 1.29 is 9.90 Å². The third-order valence-electron chi connectivity index (χ3n) is 10.3. The summed E-state index contributed by atoms with van der Waals surface area (Å²) in [5.74, 6) is 1.30. The van der Waals surface area contributed by atoms with Crippen LogP contribution in [0.25, 0.3) is 11.0 Å². The van der Waals surface area contributed by atoms with Crippen LogP contribution in [0, 0.1) is 6.92 Å². The van der Waals surface area contributed by atoms with E-state index in [0.717, 1.165) is 50.2 Å². The van der Waals surface area contributed by atoms with Gasteiger partial charge in [0, 0.05) is 36.8 Å². The summed E-state index contributed by atoms with van der Waals surface area (Å²) in [6.07, 6.45) is 8.02. The van der Waals surface area contributed by atoms with Crippen LogP contribution < -0.4 is 0 Å². The molecule has 3 fully saturated rings. The standard InChI is InChI=1S/C35H40N4O2/c1-25-36-32-12-5-6-13-33(32)39(25)30-23-28-14-15-29(24-30)38(28)21-18-35(27-9-3-2-4-10-27)16-19-37(20-17-35)34(41)26-8-7-11-31(40)22-26/h2-13,22,28-30,40H,14-21,23-24H2,1H3/t28-,29+,30?. The summed E-state index contributed by atoms with van der Waals surface area (Å²) in [7, 11) is 0. The third kappa shape index (κ3) is 4.82. The Morgan fingerprint density at radius 3 is 2.34 bits per heavy atom. The van der Waals surface area contributed by atoms with E-state index in [1.165, 1.54) is 36.8 Å². The topological polar surface area (TPSA) is 61.6 Å². The first kappa shape index (κ1) is 26.3. The van der Waals surface area contributed by atoms with Crippen molar-refractivity contribution >= 4 is 16.9 Å². The summed E-state index contributed by atoms with van der Waals surface area (Å²) >= 11 is 0. The molecule has 0 radical (unpaired) electrons. The quantitative estimate of drug-likeness (QED) is 0.300. The summed E-state index contributed by atoms with van der Waals surface area (Å²) in [4.78, 5) is 22.9. The number of nitrogens with zero attached hydrogens (tertiary/aromatic N) is 4. The summed E-state index contributed by atoms with van der Waals surface area (Å²) in [6, 6.07) is 28.1. The Morgan fingerprint density at radius 1 is 0.902 bits per heavy atom. The lowest BCUT2D eigenvalue weighted by Gasteiger charge is -2.45. The number of phenolic OH excluding ortho intramolecular Hbond substituents is 1. The molecule has 0 saturated carbocycles. The molecule has 3 atom stereocenters. The van der Waals surface area contributed by atoms with Gasteiger partial charge in [0.1, 0.15) is 11.6 Å². The first-order chi connectivity index (χ1) is 20.0. The molecule has 4 heterocycles. The van der Waals surface area contributed by atoms with Crippen LogP contribution in [0.3, 0.4) is 0 Å². The number of imidazole rings is 1. The molecule has 1 amide bonds. The highest BCUT2D eigenvalue weighted by molar-refractivity contribution is 5.94. The van der Waals surface area contributed by atoms with Crippen LogP contribution in [0.5, 0.6) is 5.75 Å².